The fourth-order valence-electron chi connectivity index (χ4n) is 1.11. The zero-order chi connectivity index (χ0) is 9.45. The van der Waals surface area contributed by atoms with Gasteiger partial charge in [-0.1, -0.05) is 32.6 Å². The van der Waals surface area contributed by atoms with Crippen LogP contribution in [-0.2, 0) is 0 Å². The standard InChI is InChI=1S/C10H19F2/c1-3-5-6-7-8-9-10(11,12)4-2/h2-9H2,1H3. The summed E-state index contributed by atoms with van der Waals surface area (Å²) in [6.45, 7) is 5.34. The van der Waals surface area contributed by atoms with Crippen molar-refractivity contribution in [3.05, 3.63) is 6.92 Å². The molecule has 2 heteroatoms. The molecule has 0 nitrogen and oxygen atoms in total. The van der Waals surface area contributed by atoms with Gasteiger partial charge < -0.3 is 0 Å². The Balaban J connectivity index is 3.19. The van der Waals surface area contributed by atoms with Crippen LogP contribution in [0.5, 0.6) is 0 Å². The molecule has 0 aliphatic rings. The Hall–Kier alpha value is -0.140. The van der Waals surface area contributed by atoms with Crippen LogP contribution in [0, 0.1) is 6.92 Å². The van der Waals surface area contributed by atoms with Gasteiger partial charge in [0.2, 0.25) is 5.92 Å². The van der Waals surface area contributed by atoms with Crippen molar-refractivity contribution in [2.75, 3.05) is 0 Å². The molecule has 0 aromatic heterocycles. The van der Waals surface area contributed by atoms with Crippen LogP contribution in [0.2, 0.25) is 0 Å². The minimum atomic E-state index is -2.52. The van der Waals surface area contributed by atoms with E-state index < -0.39 is 5.92 Å². The van der Waals surface area contributed by atoms with E-state index in [9.17, 15) is 8.78 Å². The Morgan fingerprint density at radius 2 is 1.67 bits per heavy atom. The predicted octanol–water partition coefficient (Wildman–Crippen LogP) is 4.21. The third-order valence-corrected chi connectivity index (χ3v) is 2.01. The highest BCUT2D eigenvalue weighted by molar-refractivity contribution is 4.66. The largest absolute Gasteiger partial charge is 0.248 e. The van der Waals surface area contributed by atoms with Gasteiger partial charge in [-0.15, -0.1) is 0 Å². The molecule has 0 aliphatic heterocycles. The van der Waals surface area contributed by atoms with E-state index in [-0.39, 0.29) is 12.8 Å². The fourth-order valence-corrected chi connectivity index (χ4v) is 1.11. The normalized spacial score (nSPS) is 12.0. The summed E-state index contributed by atoms with van der Waals surface area (Å²) >= 11 is 0. The van der Waals surface area contributed by atoms with Crippen LogP contribution >= 0.6 is 0 Å². The van der Waals surface area contributed by atoms with Gasteiger partial charge in [-0.3, -0.25) is 0 Å². The van der Waals surface area contributed by atoms with Crippen molar-refractivity contribution < 1.29 is 8.78 Å². The summed E-state index contributed by atoms with van der Waals surface area (Å²) in [4.78, 5) is 0. The lowest BCUT2D eigenvalue weighted by Gasteiger charge is -2.12. The molecular weight excluding hydrogens is 158 g/mol. The van der Waals surface area contributed by atoms with Crippen LogP contribution in [0.1, 0.15) is 51.9 Å². The van der Waals surface area contributed by atoms with Gasteiger partial charge in [0.1, 0.15) is 0 Å². The summed E-state index contributed by atoms with van der Waals surface area (Å²) in [5, 5.41) is 0. The monoisotopic (exact) mass is 177 g/mol. The lowest BCUT2D eigenvalue weighted by Crippen LogP contribution is -2.13. The van der Waals surface area contributed by atoms with Gasteiger partial charge >= 0.3 is 0 Å². The smallest absolute Gasteiger partial charge is 0.207 e. The molecule has 0 fully saturated rings. The molecule has 0 heterocycles. The number of hydrogen-bond donors (Lipinski definition) is 0. The molecule has 0 aromatic carbocycles. The summed E-state index contributed by atoms with van der Waals surface area (Å²) in [5.74, 6) is -2.52. The maximum absolute atomic E-state index is 12.6. The van der Waals surface area contributed by atoms with Crippen molar-refractivity contribution in [3.63, 3.8) is 0 Å². The molecule has 0 aromatic rings. The summed E-state index contributed by atoms with van der Waals surface area (Å²) in [7, 11) is 0. The van der Waals surface area contributed by atoms with Gasteiger partial charge in [0.15, 0.2) is 0 Å². The molecule has 0 saturated heterocycles. The van der Waals surface area contributed by atoms with Crippen LogP contribution in [-0.4, -0.2) is 5.92 Å². The number of hydrogen-bond acceptors (Lipinski definition) is 0. The predicted molar refractivity (Wildman–Crippen MR) is 48.3 cm³/mol. The van der Waals surface area contributed by atoms with E-state index in [0.29, 0.717) is 6.42 Å². The second-order valence-corrected chi connectivity index (χ2v) is 3.27. The molecule has 0 rings (SSSR count). The van der Waals surface area contributed by atoms with E-state index in [0.717, 1.165) is 25.7 Å². The van der Waals surface area contributed by atoms with E-state index in [1.165, 1.54) is 0 Å². The topological polar surface area (TPSA) is 0 Å². The molecule has 0 amide bonds. The van der Waals surface area contributed by atoms with Crippen molar-refractivity contribution in [1.82, 2.24) is 0 Å². The average molecular weight is 177 g/mol. The second-order valence-electron chi connectivity index (χ2n) is 3.27. The molecule has 0 aliphatic carbocycles. The minimum Gasteiger partial charge on any atom is -0.207 e. The van der Waals surface area contributed by atoms with Gasteiger partial charge in [0, 0.05) is 12.8 Å². The number of alkyl halides is 2. The lowest BCUT2D eigenvalue weighted by atomic mass is 10.1. The maximum atomic E-state index is 12.6. The molecule has 0 atom stereocenters. The summed E-state index contributed by atoms with van der Waals surface area (Å²) < 4.78 is 25.2. The van der Waals surface area contributed by atoms with Crippen molar-refractivity contribution in [2.45, 2.75) is 57.8 Å². The Morgan fingerprint density at radius 1 is 1.08 bits per heavy atom. The van der Waals surface area contributed by atoms with Gasteiger partial charge in [0.25, 0.3) is 0 Å². The van der Waals surface area contributed by atoms with Crippen molar-refractivity contribution in [1.29, 1.82) is 0 Å². The van der Waals surface area contributed by atoms with Crippen LogP contribution in [0.3, 0.4) is 0 Å². The highest BCUT2D eigenvalue weighted by atomic mass is 19.3. The van der Waals surface area contributed by atoms with Crippen molar-refractivity contribution in [2.24, 2.45) is 0 Å². The molecule has 73 valence electrons. The fraction of sp³-hybridized carbons (Fsp3) is 0.900. The highest BCUT2D eigenvalue weighted by Crippen LogP contribution is 2.24. The van der Waals surface area contributed by atoms with Crippen LogP contribution in [0.15, 0.2) is 0 Å². The van der Waals surface area contributed by atoms with Crippen LogP contribution in [0.4, 0.5) is 8.78 Å². The maximum Gasteiger partial charge on any atom is 0.248 e. The van der Waals surface area contributed by atoms with Gasteiger partial charge in [-0.05, 0) is 13.3 Å². The summed E-state index contributed by atoms with van der Waals surface area (Å²) in [6, 6.07) is 0. The minimum absolute atomic E-state index is 0.0141. The Morgan fingerprint density at radius 3 is 2.17 bits per heavy atom. The first kappa shape index (κ1) is 11.9. The molecule has 0 N–H and O–H groups in total. The van der Waals surface area contributed by atoms with E-state index >= 15 is 0 Å². The van der Waals surface area contributed by atoms with E-state index in [1.54, 1.807) is 0 Å². The number of rotatable bonds is 7. The first-order chi connectivity index (χ1) is 5.62. The highest BCUT2D eigenvalue weighted by Gasteiger charge is 2.24. The Labute approximate surface area is 74.4 Å². The number of unbranched alkanes of at least 4 members (excludes halogenated alkanes) is 4. The quantitative estimate of drug-likeness (QED) is 0.511. The Kier molecular flexibility index (Phi) is 6.31. The SMILES string of the molecule is [CH2]CC(F)(F)CCCCCCC. The summed E-state index contributed by atoms with van der Waals surface area (Å²) in [5.41, 5.74) is 0. The average Bonchev–Trinajstić information content (AvgIpc) is 2.04. The number of halogens is 2. The first-order valence-electron chi connectivity index (χ1n) is 4.79. The molecule has 0 saturated carbocycles. The van der Waals surface area contributed by atoms with Crippen LogP contribution < -0.4 is 0 Å². The zero-order valence-electron chi connectivity index (χ0n) is 7.91. The second kappa shape index (κ2) is 6.38. The third kappa shape index (κ3) is 6.56. The molecule has 0 unspecified atom stereocenters. The molecule has 1 radical (unpaired) electrons. The van der Waals surface area contributed by atoms with Gasteiger partial charge in [0.05, 0.1) is 0 Å². The van der Waals surface area contributed by atoms with Crippen molar-refractivity contribution in [3.8, 4) is 0 Å². The Bertz CT molecular complexity index is 100. The van der Waals surface area contributed by atoms with Gasteiger partial charge in [-0.2, -0.15) is 0 Å². The van der Waals surface area contributed by atoms with E-state index in [4.69, 9.17) is 0 Å². The summed E-state index contributed by atoms with van der Waals surface area (Å²) in [6.07, 6.45) is 4.73. The zero-order valence-corrected chi connectivity index (χ0v) is 7.91. The first-order valence-corrected chi connectivity index (χ1v) is 4.79. The van der Waals surface area contributed by atoms with Gasteiger partial charge in [-0.25, -0.2) is 8.78 Å². The van der Waals surface area contributed by atoms with E-state index in [1.807, 2.05) is 0 Å². The lowest BCUT2D eigenvalue weighted by molar-refractivity contribution is -0.00751. The molecule has 0 bridgehead atoms. The van der Waals surface area contributed by atoms with E-state index in [2.05, 4.69) is 13.8 Å². The molecule has 0 spiro atoms. The van der Waals surface area contributed by atoms with Crippen molar-refractivity contribution >= 4 is 0 Å². The van der Waals surface area contributed by atoms with Crippen LogP contribution in [0.25, 0.3) is 0 Å². The molecular formula is C10H19F2. The third-order valence-electron chi connectivity index (χ3n) is 2.01. The molecule has 12 heavy (non-hydrogen) atoms.